The molecule has 1 amide bonds. The third kappa shape index (κ3) is 4.80. The van der Waals surface area contributed by atoms with Crippen molar-refractivity contribution in [2.24, 2.45) is 5.73 Å². The molecule has 0 aliphatic rings. The van der Waals surface area contributed by atoms with Crippen LogP contribution in [0.15, 0.2) is 53.2 Å². The highest BCUT2D eigenvalue weighted by Crippen LogP contribution is 2.37. The minimum Gasteiger partial charge on any atom is -0.494 e. The van der Waals surface area contributed by atoms with E-state index in [4.69, 9.17) is 14.9 Å². The highest BCUT2D eigenvalue weighted by atomic mass is 19.4. The number of oxazole rings is 1. The zero-order valence-electron chi connectivity index (χ0n) is 18.9. The number of carbonyl (C=O) groups excluding carboxylic acids is 1. The van der Waals surface area contributed by atoms with Crippen LogP contribution < -0.4 is 15.8 Å². The molecule has 35 heavy (non-hydrogen) atoms. The number of hydrogen-bond acceptors (Lipinski definition) is 7. The molecule has 3 heterocycles. The summed E-state index contributed by atoms with van der Waals surface area (Å²) in [6, 6.07) is 8.50. The van der Waals surface area contributed by atoms with E-state index in [-0.39, 0.29) is 41.2 Å². The molecule has 1 atom stereocenters. The Morgan fingerprint density at radius 3 is 2.51 bits per heavy atom. The molecule has 8 nitrogen and oxygen atoms in total. The number of hydrogen-bond donors (Lipinski definition) is 2. The number of methoxy groups -OCH3 is 1. The number of nitrogens with two attached hydrogens (primary N) is 1. The Hall–Kier alpha value is -3.99. The van der Waals surface area contributed by atoms with E-state index in [0.29, 0.717) is 17.4 Å². The molecule has 3 aromatic heterocycles. The first-order valence-corrected chi connectivity index (χ1v) is 10.7. The number of amides is 1. The summed E-state index contributed by atoms with van der Waals surface area (Å²) < 4.78 is 50.7. The van der Waals surface area contributed by atoms with Gasteiger partial charge in [0.15, 0.2) is 11.5 Å². The summed E-state index contributed by atoms with van der Waals surface area (Å²) in [6.07, 6.45) is -0.733. The standard InChI is InChI=1S/C24H22F3N5O3/c1-3-16(13-8-10-29-11-9-13)30-22(33)21-18(12-28)35-23(32-21)15-4-6-17(34-2)20-14(15)5-7-19(31-20)24(25,26)27/h4-11,16H,3,12,28H2,1-2H3,(H,30,33). The first kappa shape index (κ1) is 24.1. The SMILES string of the molecule is CCC(NC(=O)c1nc(-c2ccc(OC)c3nc(C(F)(F)F)ccc23)oc1CN)c1ccncc1. The van der Waals surface area contributed by atoms with E-state index in [1.54, 1.807) is 30.6 Å². The Balaban J connectivity index is 1.75. The Labute approximate surface area is 198 Å². The van der Waals surface area contributed by atoms with Crippen LogP contribution >= 0.6 is 0 Å². The molecule has 1 unspecified atom stereocenters. The molecule has 182 valence electrons. The van der Waals surface area contributed by atoms with E-state index >= 15 is 0 Å². The second-order valence-electron chi connectivity index (χ2n) is 7.62. The molecule has 4 aromatic rings. The van der Waals surface area contributed by atoms with Gasteiger partial charge in [-0.15, -0.1) is 0 Å². The highest BCUT2D eigenvalue weighted by molar-refractivity contribution is 5.98. The Kier molecular flexibility index (Phi) is 6.70. The van der Waals surface area contributed by atoms with Gasteiger partial charge in [0.05, 0.1) is 19.7 Å². The van der Waals surface area contributed by atoms with Gasteiger partial charge in [-0.25, -0.2) is 9.97 Å². The van der Waals surface area contributed by atoms with Crippen LogP contribution in [0.1, 0.15) is 46.9 Å². The number of nitrogens with one attached hydrogen (secondary N) is 1. The number of rotatable bonds is 7. The third-order valence-corrected chi connectivity index (χ3v) is 5.48. The van der Waals surface area contributed by atoms with E-state index < -0.39 is 17.8 Å². The second-order valence-corrected chi connectivity index (χ2v) is 7.62. The van der Waals surface area contributed by atoms with E-state index in [0.717, 1.165) is 11.6 Å². The van der Waals surface area contributed by atoms with Crippen LogP contribution in [0, 0.1) is 0 Å². The summed E-state index contributed by atoms with van der Waals surface area (Å²) in [4.78, 5) is 25.1. The van der Waals surface area contributed by atoms with Gasteiger partial charge in [0.25, 0.3) is 5.91 Å². The quantitative estimate of drug-likeness (QED) is 0.391. The van der Waals surface area contributed by atoms with Crippen LogP contribution in [0.2, 0.25) is 0 Å². The number of carbonyl (C=O) groups is 1. The first-order chi connectivity index (χ1) is 16.8. The molecule has 0 bridgehead atoms. The number of aromatic nitrogens is 3. The van der Waals surface area contributed by atoms with Crippen molar-refractivity contribution in [3.8, 4) is 17.2 Å². The van der Waals surface area contributed by atoms with Crippen molar-refractivity contribution in [1.29, 1.82) is 0 Å². The van der Waals surface area contributed by atoms with E-state index in [1.165, 1.54) is 19.2 Å². The summed E-state index contributed by atoms with van der Waals surface area (Å²) in [5.74, 6) is -0.159. The predicted molar refractivity (Wildman–Crippen MR) is 121 cm³/mol. The average Bonchev–Trinajstić information content (AvgIpc) is 3.30. The molecule has 0 saturated heterocycles. The largest absolute Gasteiger partial charge is 0.494 e. The molecule has 0 saturated carbocycles. The molecule has 0 radical (unpaired) electrons. The van der Waals surface area contributed by atoms with Crippen LogP contribution in [0.5, 0.6) is 5.75 Å². The topological polar surface area (TPSA) is 116 Å². The number of fused-ring (bicyclic) bond motifs is 1. The van der Waals surface area contributed by atoms with Crippen molar-refractivity contribution in [2.75, 3.05) is 7.11 Å². The highest BCUT2D eigenvalue weighted by Gasteiger charge is 2.33. The fourth-order valence-corrected chi connectivity index (χ4v) is 3.73. The van der Waals surface area contributed by atoms with Crippen molar-refractivity contribution in [1.82, 2.24) is 20.3 Å². The van der Waals surface area contributed by atoms with Gasteiger partial charge in [0, 0.05) is 23.3 Å². The van der Waals surface area contributed by atoms with Gasteiger partial charge >= 0.3 is 6.18 Å². The summed E-state index contributed by atoms with van der Waals surface area (Å²) >= 11 is 0. The lowest BCUT2D eigenvalue weighted by molar-refractivity contribution is -0.140. The maximum Gasteiger partial charge on any atom is 0.433 e. The smallest absolute Gasteiger partial charge is 0.433 e. The van der Waals surface area contributed by atoms with Gasteiger partial charge in [-0.05, 0) is 48.4 Å². The molecule has 3 N–H and O–H groups in total. The Morgan fingerprint density at radius 2 is 1.89 bits per heavy atom. The molecular weight excluding hydrogens is 463 g/mol. The molecule has 0 aliphatic heterocycles. The molecular formula is C24H22F3N5O3. The Bertz CT molecular complexity index is 1360. The fraction of sp³-hybridized carbons (Fsp3) is 0.250. The fourth-order valence-electron chi connectivity index (χ4n) is 3.73. The van der Waals surface area contributed by atoms with Crippen molar-refractivity contribution >= 4 is 16.8 Å². The predicted octanol–water partition coefficient (Wildman–Crippen LogP) is 4.65. The van der Waals surface area contributed by atoms with Gasteiger partial charge in [0.2, 0.25) is 5.89 Å². The van der Waals surface area contributed by atoms with Gasteiger partial charge in [-0.3, -0.25) is 9.78 Å². The van der Waals surface area contributed by atoms with E-state index in [1.807, 2.05) is 6.92 Å². The van der Waals surface area contributed by atoms with E-state index in [9.17, 15) is 18.0 Å². The van der Waals surface area contributed by atoms with Crippen LogP contribution in [0.3, 0.4) is 0 Å². The minimum atomic E-state index is -4.62. The molecule has 0 aliphatic carbocycles. The second kappa shape index (κ2) is 9.71. The molecule has 4 rings (SSSR count). The van der Waals surface area contributed by atoms with Crippen molar-refractivity contribution in [3.63, 3.8) is 0 Å². The van der Waals surface area contributed by atoms with Crippen molar-refractivity contribution < 1.29 is 27.1 Å². The van der Waals surface area contributed by atoms with Crippen LogP contribution in [0.4, 0.5) is 13.2 Å². The number of nitrogens with zero attached hydrogens (tertiary/aromatic N) is 3. The lowest BCUT2D eigenvalue weighted by Gasteiger charge is -2.16. The van der Waals surface area contributed by atoms with E-state index in [2.05, 4.69) is 20.3 Å². The van der Waals surface area contributed by atoms with Crippen molar-refractivity contribution in [3.05, 3.63) is 71.5 Å². The van der Waals surface area contributed by atoms with Gasteiger partial charge < -0.3 is 20.2 Å². The summed E-state index contributed by atoms with van der Waals surface area (Å²) in [7, 11) is 1.34. The summed E-state index contributed by atoms with van der Waals surface area (Å²) in [5, 5.41) is 3.23. The van der Waals surface area contributed by atoms with Crippen molar-refractivity contribution in [2.45, 2.75) is 32.1 Å². The first-order valence-electron chi connectivity index (χ1n) is 10.7. The van der Waals surface area contributed by atoms with Crippen LogP contribution in [-0.2, 0) is 12.7 Å². The minimum absolute atomic E-state index is 0.00107. The Morgan fingerprint density at radius 1 is 1.14 bits per heavy atom. The third-order valence-electron chi connectivity index (χ3n) is 5.48. The number of benzene rings is 1. The molecule has 0 fully saturated rings. The lowest BCUT2D eigenvalue weighted by Crippen LogP contribution is -2.29. The lowest BCUT2D eigenvalue weighted by atomic mass is 10.1. The van der Waals surface area contributed by atoms with Gasteiger partial charge in [-0.2, -0.15) is 13.2 Å². The van der Waals surface area contributed by atoms with Gasteiger partial charge in [-0.1, -0.05) is 6.92 Å². The zero-order valence-corrected chi connectivity index (χ0v) is 18.9. The maximum absolute atomic E-state index is 13.2. The summed E-state index contributed by atoms with van der Waals surface area (Å²) in [6.45, 7) is 1.82. The van der Waals surface area contributed by atoms with Gasteiger partial charge in [0.1, 0.15) is 17.0 Å². The molecule has 11 heteroatoms. The zero-order chi connectivity index (χ0) is 25.2. The summed E-state index contributed by atoms with van der Waals surface area (Å²) in [5.41, 5.74) is 5.95. The molecule has 0 spiro atoms. The van der Waals surface area contributed by atoms with Crippen LogP contribution in [-0.4, -0.2) is 28.0 Å². The average molecular weight is 485 g/mol. The monoisotopic (exact) mass is 485 g/mol. The normalized spacial score (nSPS) is 12.5. The number of ether oxygens (including phenoxy) is 1. The number of pyridine rings is 2. The molecule has 1 aromatic carbocycles. The van der Waals surface area contributed by atoms with Crippen LogP contribution in [0.25, 0.3) is 22.4 Å². The number of alkyl halides is 3. The maximum atomic E-state index is 13.2. The number of halogens is 3.